The first-order chi connectivity index (χ1) is 9.86. The van der Waals surface area contributed by atoms with E-state index in [0.717, 1.165) is 44.1 Å². The molecular formula is C15H26N2O3S. The fourth-order valence-electron chi connectivity index (χ4n) is 3.40. The summed E-state index contributed by atoms with van der Waals surface area (Å²) in [5, 5.41) is 0.925. The third-order valence-electron chi connectivity index (χ3n) is 4.84. The van der Waals surface area contributed by atoms with E-state index in [-0.39, 0.29) is 17.2 Å². The van der Waals surface area contributed by atoms with Crippen molar-refractivity contribution in [3.8, 4) is 0 Å². The van der Waals surface area contributed by atoms with Gasteiger partial charge in [-0.3, -0.25) is 4.79 Å². The minimum atomic E-state index is -3.37. The molecule has 1 atom stereocenters. The third-order valence-corrected chi connectivity index (χ3v) is 5.85. The van der Waals surface area contributed by atoms with Gasteiger partial charge in [-0.05, 0) is 25.2 Å². The second-order valence-corrected chi connectivity index (χ2v) is 8.30. The normalized spacial score (nSPS) is 25.8. The maximum absolute atomic E-state index is 12.7. The van der Waals surface area contributed by atoms with E-state index in [2.05, 4.69) is 18.2 Å². The molecule has 1 saturated heterocycles. The molecule has 120 valence electrons. The zero-order valence-electron chi connectivity index (χ0n) is 12.8. The summed E-state index contributed by atoms with van der Waals surface area (Å²) in [4.78, 5) is 14.6. The average molecular weight is 314 g/mol. The first-order valence-electron chi connectivity index (χ1n) is 7.78. The highest BCUT2D eigenvalue weighted by Crippen LogP contribution is 2.38. The van der Waals surface area contributed by atoms with Crippen LogP contribution in [0.2, 0.25) is 0 Å². The van der Waals surface area contributed by atoms with Crippen molar-refractivity contribution in [2.45, 2.75) is 45.4 Å². The lowest BCUT2D eigenvalue weighted by molar-refractivity contribution is -0.142. The van der Waals surface area contributed by atoms with Crippen molar-refractivity contribution in [3.63, 3.8) is 0 Å². The molecule has 1 aliphatic carbocycles. The maximum Gasteiger partial charge on any atom is 0.233 e. The van der Waals surface area contributed by atoms with E-state index >= 15 is 0 Å². The second kappa shape index (κ2) is 6.48. The highest BCUT2D eigenvalue weighted by Gasteiger charge is 2.39. The number of amides is 1. The smallest absolute Gasteiger partial charge is 0.233 e. The van der Waals surface area contributed by atoms with Crippen LogP contribution >= 0.6 is 0 Å². The fourth-order valence-corrected chi connectivity index (χ4v) is 3.99. The van der Waals surface area contributed by atoms with Gasteiger partial charge in [0.05, 0.1) is 0 Å². The van der Waals surface area contributed by atoms with Gasteiger partial charge in [0, 0.05) is 30.5 Å². The number of carbonyl (C=O) groups excluding carboxylic acids is 1. The second-order valence-electron chi connectivity index (χ2n) is 6.59. The fraction of sp³-hybridized carbons (Fsp3) is 0.800. The van der Waals surface area contributed by atoms with E-state index in [0.29, 0.717) is 13.1 Å². The molecule has 0 bridgehead atoms. The summed E-state index contributed by atoms with van der Waals surface area (Å²) in [6.45, 7) is 7.15. The van der Waals surface area contributed by atoms with Crippen molar-refractivity contribution in [1.29, 1.82) is 0 Å². The number of likely N-dealkylation sites (tertiary alicyclic amines) is 1. The van der Waals surface area contributed by atoms with E-state index < -0.39 is 10.0 Å². The van der Waals surface area contributed by atoms with E-state index in [4.69, 9.17) is 0 Å². The van der Waals surface area contributed by atoms with Crippen molar-refractivity contribution in [3.05, 3.63) is 12.0 Å². The van der Waals surface area contributed by atoms with Gasteiger partial charge < -0.3 is 4.90 Å². The lowest BCUT2D eigenvalue weighted by atomic mass is 9.74. The Balaban J connectivity index is 1.87. The molecule has 2 rings (SSSR count). The molecule has 0 aromatic rings. The minimum Gasteiger partial charge on any atom is -0.342 e. The standard InChI is InChI=1S/C15H26N2O3S/c1-3-21(19,20)16-11-13-7-10-17(12-13)14(18)15(2)8-5-4-6-9-15/h3,13,16H,1,4-12H2,2H3. The number of carbonyl (C=O) groups is 1. The highest BCUT2D eigenvalue weighted by molar-refractivity contribution is 7.92. The molecule has 2 aliphatic rings. The molecule has 1 saturated carbocycles. The van der Waals surface area contributed by atoms with Gasteiger partial charge in [0.25, 0.3) is 0 Å². The summed E-state index contributed by atoms with van der Waals surface area (Å²) in [6.07, 6.45) is 6.33. The van der Waals surface area contributed by atoms with Gasteiger partial charge in [-0.15, -0.1) is 0 Å². The minimum absolute atomic E-state index is 0.201. The number of nitrogens with zero attached hydrogens (tertiary/aromatic N) is 1. The van der Waals surface area contributed by atoms with E-state index in [1.54, 1.807) is 0 Å². The van der Waals surface area contributed by atoms with Gasteiger partial charge in [0.1, 0.15) is 0 Å². The van der Waals surface area contributed by atoms with Crippen molar-refractivity contribution in [2.75, 3.05) is 19.6 Å². The Morgan fingerprint density at radius 1 is 1.38 bits per heavy atom. The van der Waals surface area contributed by atoms with Crippen LogP contribution in [0.4, 0.5) is 0 Å². The molecule has 6 heteroatoms. The summed E-state index contributed by atoms with van der Waals surface area (Å²) >= 11 is 0. The average Bonchev–Trinajstić information content (AvgIpc) is 2.94. The molecule has 0 aromatic carbocycles. The van der Waals surface area contributed by atoms with Gasteiger partial charge in [-0.2, -0.15) is 0 Å². The van der Waals surface area contributed by atoms with Crippen molar-refractivity contribution >= 4 is 15.9 Å². The molecule has 0 aromatic heterocycles. The molecular weight excluding hydrogens is 288 g/mol. The Labute approximate surface area is 127 Å². The third kappa shape index (κ3) is 4.07. The lowest BCUT2D eigenvalue weighted by Crippen LogP contribution is -2.42. The van der Waals surface area contributed by atoms with Crippen LogP contribution in [0.3, 0.4) is 0 Å². The van der Waals surface area contributed by atoms with Gasteiger partial charge in [0.2, 0.25) is 15.9 Å². The van der Waals surface area contributed by atoms with Crippen LogP contribution in [-0.2, 0) is 14.8 Å². The number of rotatable bonds is 5. The van der Waals surface area contributed by atoms with Crippen LogP contribution in [0.15, 0.2) is 12.0 Å². The van der Waals surface area contributed by atoms with E-state index in [1.165, 1.54) is 6.42 Å². The van der Waals surface area contributed by atoms with E-state index in [9.17, 15) is 13.2 Å². The van der Waals surface area contributed by atoms with Gasteiger partial charge in [0.15, 0.2) is 0 Å². The molecule has 1 heterocycles. The highest BCUT2D eigenvalue weighted by atomic mass is 32.2. The Morgan fingerprint density at radius 3 is 2.67 bits per heavy atom. The first-order valence-corrected chi connectivity index (χ1v) is 9.32. The monoisotopic (exact) mass is 314 g/mol. The summed E-state index contributed by atoms with van der Waals surface area (Å²) in [5.74, 6) is 0.465. The predicted octanol–water partition coefficient (Wildman–Crippen LogP) is 1.87. The summed E-state index contributed by atoms with van der Waals surface area (Å²) < 4.78 is 25.2. The largest absolute Gasteiger partial charge is 0.342 e. The van der Waals surface area contributed by atoms with Crippen molar-refractivity contribution in [1.82, 2.24) is 9.62 Å². The zero-order valence-corrected chi connectivity index (χ0v) is 13.6. The Kier molecular flexibility index (Phi) is 5.09. The van der Waals surface area contributed by atoms with Crippen LogP contribution in [-0.4, -0.2) is 38.9 Å². The first kappa shape index (κ1) is 16.5. The molecule has 1 N–H and O–H groups in total. The SMILES string of the molecule is C=CS(=O)(=O)NCC1CCN(C(=O)C2(C)CCCCC2)C1. The van der Waals surface area contributed by atoms with Gasteiger partial charge in [-0.25, -0.2) is 13.1 Å². The van der Waals surface area contributed by atoms with Crippen LogP contribution in [0.5, 0.6) is 0 Å². The molecule has 1 aliphatic heterocycles. The molecule has 21 heavy (non-hydrogen) atoms. The lowest BCUT2D eigenvalue weighted by Gasteiger charge is -2.35. The Bertz CT molecular complexity index is 495. The maximum atomic E-state index is 12.7. The quantitative estimate of drug-likeness (QED) is 0.842. The number of sulfonamides is 1. The van der Waals surface area contributed by atoms with Crippen LogP contribution in [0.25, 0.3) is 0 Å². The summed E-state index contributed by atoms with van der Waals surface area (Å²) in [7, 11) is -3.37. The van der Waals surface area contributed by atoms with Crippen LogP contribution < -0.4 is 4.72 Å². The molecule has 2 fully saturated rings. The summed E-state index contributed by atoms with van der Waals surface area (Å²) in [6, 6.07) is 0. The molecule has 5 nitrogen and oxygen atoms in total. The van der Waals surface area contributed by atoms with Crippen LogP contribution in [0, 0.1) is 11.3 Å². The Morgan fingerprint density at radius 2 is 2.05 bits per heavy atom. The molecule has 0 spiro atoms. The van der Waals surface area contributed by atoms with Crippen molar-refractivity contribution in [2.24, 2.45) is 11.3 Å². The van der Waals surface area contributed by atoms with Gasteiger partial charge in [-0.1, -0.05) is 32.8 Å². The molecule has 1 amide bonds. The molecule has 1 unspecified atom stereocenters. The number of hydrogen-bond donors (Lipinski definition) is 1. The topological polar surface area (TPSA) is 66.5 Å². The number of nitrogens with one attached hydrogen (secondary N) is 1. The Hall–Kier alpha value is -0.880. The number of hydrogen-bond acceptors (Lipinski definition) is 3. The van der Waals surface area contributed by atoms with Crippen molar-refractivity contribution < 1.29 is 13.2 Å². The summed E-state index contributed by atoms with van der Waals surface area (Å²) in [5.41, 5.74) is -0.201. The van der Waals surface area contributed by atoms with Gasteiger partial charge >= 0.3 is 0 Å². The molecule has 0 radical (unpaired) electrons. The zero-order chi connectivity index (χ0) is 15.5. The predicted molar refractivity (Wildman–Crippen MR) is 83.0 cm³/mol. The van der Waals surface area contributed by atoms with Crippen LogP contribution in [0.1, 0.15) is 45.4 Å². The van der Waals surface area contributed by atoms with E-state index in [1.807, 2.05) is 4.90 Å².